The summed E-state index contributed by atoms with van der Waals surface area (Å²) in [6.45, 7) is -0.436. The summed E-state index contributed by atoms with van der Waals surface area (Å²) in [5.74, 6) is -0.316. The van der Waals surface area contributed by atoms with Gasteiger partial charge >= 0.3 is 5.97 Å². The molecule has 1 aliphatic rings. The molecule has 24 heavy (non-hydrogen) atoms. The van der Waals surface area contributed by atoms with Crippen molar-refractivity contribution in [2.24, 2.45) is 0 Å². The zero-order valence-electron chi connectivity index (χ0n) is 12.1. The molecule has 1 amide bonds. The van der Waals surface area contributed by atoms with E-state index in [1.807, 2.05) is 30.3 Å². The van der Waals surface area contributed by atoms with Crippen LogP contribution in [0.3, 0.4) is 0 Å². The van der Waals surface area contributed by atoms with E-state index in [9.17, 15) is 9.59 Å². The number of hydrogen-bond donors (Lipinski definition) is 1. The first-order valence-corrected chi connectivity index (χ1v) is 9.07. The number of rotatable bonds is 4. The molecule has 2 heterocycles. The maximum atomic E-state index is 12.2. The Morgan fingerprint density at radius 2 is 2.00 bits per heavy atom. The molecule has 0 radical (unpaired) electrons. The van der Waals surface area contributed by atoms with Gasteiger partial charge in [-0.2, -0.15) is 0 Å². The van der Waals surface area contributed by atoms with Crippen LogP contribution in [0.1, 0.15) is 5.76 Å². The van der Waals surface area contributed by atoms with E-state index in [2.05, 4.69) is 22.6 Å². The van der Waals surface area contributed by atoms with Crippen molar-refractivity contribution in [1.82, 2.24) is 4.90 Å². The molecule has 1 fully saturated rings. The third-order valence-corrected chi connectivity index (χ3v) is 5.29. The van der Waals surface area contributed by atoms with Gasteiger partial charge in [-0.3, -0.25) is 14.5 Å². The van der Waals surface area contributed by atoms with Gasteiger partial charge < -0.3 is 9.52 Å². The lowest BCUT2D eigenvalue weighted by atomic mass is 10.2. The standard InChI is InChI=1S/C16H10INO4S2/c17-10-3-1-9(2-4-10)12-6-5-11(22-12)7-13-15(21)18(8-14(19)20)16(23)24-13/h1-7H,8H2,(H,19,20)/b13-7+. The average molecular weight is 471 g/mol. The summed E-state index contributed by atoms with van der Waals surface area (Å²) in [5.41, 5.74) is 0.938. The van der Waals surface area contributed by atoms with Gasteiger partial charge in [-0.05, 0) is 46.9 Å². The Kier molecular flexibility index (Phi) is 5.07. The van der Waals surface area contributed by atoms with E-state index in [-0.39, 0.29) is 4.32 Å². The number of thiocarbonyl (C=S) groups is 1. The Morgan fingerprint density at radius 1 is 1.29 bits per heavy atom. The molecule has 0 unspecified atom stereocenters. The number of halogens is 1. The second-order valence-electron chi connectivity index (χ2n) is 4.87. The van der Waals surface area contributed by atoms with Crippen LogP contribution < -0.4 is 0 Å². The summed E-state index contributed by atoms with van der Waals surface area (Å²) in [5, 5.41) is 8.83. The maximum Gasteiger partial charge on any atom is 0.323 e. The molecule has 5 nitrogen and oxygen atoms in total. The van der Waals surface area contributed by atoms with Gasteiger partial charge in [0.2, 0.25) is 0 Å². The van der Waals surface area contributed by atoms with Gasteiger partial charge in [-0.15, -0.1) is 0 Å². The molecular weight excluding hydrogens is 461 g/mol. The molecule has 0 bridgehead atoms. The predicted molar refractivity (Wildman–Crippen MR) is 104 cm³/mol. The highest BCUT2D eigenvalue weighted by atomic mass is 127. The number of amides is 1. The van der Waals surface area contributed by atoms with Gasteiger partial charge in [0.15, 0.2) is 0 Å². The lowest BCUT2D eigenvalue weighted by molar-refractivity contribution is -0.140. The molecule has 122 valence electrons. The second kappa shape index (κ2) is 7.08. The number of carbonyl (C=O) groups excluding carboxylic acids is 1. The third-order valence-electron chi connectivity index (χ3n) is 3.20. The zero-order valence-corrected chi connectivity index (χ0v) is 15.9. The van der Waals surface area contributed by atoms with Gasteiger partial charge in [-0.1, -0.05) is 36.1 Å². The molecule has 1 aromatic carbocycles. The monoisotopic (exact) mass is 471 g/mol. The Balaban J connectivity index is 1.82. The van der Waals surface area contributed by atoms with Gasteiger partial charge in [0.05, 0.1) is 4.91 Å². The Morgan fingerprint density at radius 3 is 2.67 bits per heavy atom. The van der Waals surface area contributed by atoms with Crippen LogP contribution in [0.25, 0.3) is 17.4 Å². The van der Waals surface area contributed by atoms with Crippen molar-refractivity contribution in [2.75, 3.05) is 6.54 Å². The van der Waals surface area contributed by atoms with Crippen LogP contribution in [0.2, 0.25) is 0 Å². The Labute approximate surface area is 160 Å². The highest BCUT2D eigenvalue weighted by Crippen LogP contribution is 2.33. The number of carboxylic acids is 1. The average Bonchev–Trinajstić information content (AvgIpc) is 3.09. The first-order chi connectivity index (χ1) is 11.4. The molecule has 0 atom stereocenters. The third kappa shape index (κ3) is 3.70. The van der Waals surface area contributed by atoms with Crippen molar-refractivity contribution in [3.05, 3.63) is 50.6 Å². The van der Waals surface area contributed by atoms with Crippen molar-refractivity contribution in [1.29, 1.82) is 0 Å². The molecule has 1 aromatic heterocycles. The smallest absolute Gasteiger partial charge is 0.323 e. The number of benzene rings is 1. The Bertz CT molecular complexity index is 857. The SMILES string of the molecule is O=C(O)CN1C(=O)/C(=C\c2ccc(-c3ccc(I)cc3)o2)SC1=S. The lowest BCUT2D eigenvalue weighted by Crippen LogP contribution is -2.33. The number of hydrogen-bond acceptors (Lipinski definition) is 5. The molecule has 0 spiro atoms. The predicted octanol–water partition coefficient (Wildman–Crippen LogP) is 3.84. The van der Waals surface area contributed by atoms with Crippen LogP contribution in [-0.4, -0.2) is 32.7 Å². The number of thioether (sulfide) groups is 1. The molecule has 1 N–H and O–H groups in total. The number of carboxylic acid groups (broad SMARTS) is 1. The van der Waals surface area contributed by atoms with E-state index in [0.717, 1.165) is 25.8 Å². The fraction of sp³-hybridized carbons (Fsp3) is 0.0625. The van der Waals surface area contributed by atoms with Crippen LogP contribution in [0.4, 0.5) is 0 Å². The number of aliphatic carboxylic acids is 1. The molecule has 8 heteroatoms. The molecular formula is C16H10INO4S2. The van der Waals surface area contributed by atoms with Gasteiger partial charge in [0.1, 0.15) is 22.4 Å². The first-order valence-electron chi connectivity index (χ1n) is 6.77. The fourth-order valence-electron chi connectivity index (χ4n) is 2.10. The van der Waals surface area contributed by atoms with Crippen molar-refractivity contribution in [3.8, 4) is 11.3 Å². The molecule has 3 rings (SSSR count). The summed E-state index contributed by atoms with van der Waals surface area (Å²) in [6, 6.07) is 11.5. The van der Waals surface area contributed by atoms with Crippen LogP contribution in [0.15, 0.2) is 45.7 Å². The summed E-state index contributed by atoms with van der Waals surface area (Å²) in [4.78, 5) is 24.4. The summed E-state index contributed by atoms with van der Waals surface area (Å²) < 4.78 is 7.11. The minimum absolute atomic E-state index is 0.234. The van der Waals surface area contributed by atoms with Gasteiger partial charge in [0.25, 0.3) is 5.91 Å². The number of carbonyl (C=O) groups is 2. The molecule has 1 aliphatic heterocycles. The molecule has 1 saturated heterocycles. The van der Waals surface area contributed by atoms with Crippen molar-refractivity contribution >= 4 is 68.8 Å². The quantitative estimate of drug-likeness (QED) is 0.415. The Hall–Kier alpha value is -1.65. The second-order valence-corrected chi connectivity index (χ2v) is 7.79. The van der Waals surface area contributed by atoms with E-state index in [1.165, 1.54) is 0 Å². The molecule has 0 saturated carbocycles. The van der Waals surface area contributed by atoms with E-state index in [4.69, 9.17) is 21.7 Å². The topological polar surface area (TPSA) is 70.8 Å². The van der Waals surface area contributed by atoms with Gasteiger partial charge in [-0.25, -0.2) is 0 Å². The zero-order chi connectivity index (χ0) is 17.3. The number of furan rings is 1. The highest BCUT2D eigenvalue weighted by Gasteiger charge is 2.33. The van der Waals surface area contributed by atoms with E-state index in [1.54, 1.807) is 12.1 Å². The van der Waals surface area contributed by atoms with E-state index < -0.39 is 18.4 Å². The van der Waals surface area contributed by atoms with Crippen LogP contribution >= 0.6 is 46.6 Å². The normalized spacial score (nSPS) is 16.2. The fourth-order valence-corrected chi connectivity index (χ4v) is 3.70. The van der Waals surface area contributed by atoms with E-state index >= 15 is 0 Å². The summed E-state index contributed by atoms with van der Waals surface area (Å²) in [7, 11) is 0. The largest absolute Gasteiger partial charge is 0.480 e. The van der Waals surface area contributed by atoms with Crippen LogP contribution in [0.5, 0.6) is 0 Å². The lowest BCUT2D eigenvalue weighted by Gasteiger charge is -2.09. The minimum atomic E-state index is -1.11. The van der Waals surface area contributed by atoms with Crippen molar-refractivity contribution in [2.45, 2.75) is 0 Å². The maximum absolute atomic E-state index is 12.2. The van der Waals surface area contributed by atoms with Crippen LogP contribution in [-0.2, 0) is 9.59 Å². The first kappa shape index (κ1) is 17.2. The van der Waals surface area contributed by atoms with E-state index in [0.29, 0.717) is 16.4 Å². The number of nitrogens with zero attached hydrogens (tertiary/aromatic N) is 1. The molecule has 0 aliphatic carbocycles. The summed E-state index contributed by atoms with van der Waals surface area (Å²) in [6.07, 6.45) is 1.58. The minimum Gasteiger partial charge on any atom is -0.480 e. The summed E-state index contributed by atoms with van der Waals surface area (Å²) >= 11 is 8.36. The van der Waals surface area contributed by atoms with Crippen LogP contribution in [0, 0.1) is 3.57 Å². The highest BCUT2D eigenvalue weighted by molar-refractivity contribution is 14.1. The van der Waals surface area contributed by atoms with Gasteiger partial charge in [0, 0.05) is 15.2 Å². The van der Waals surface area contributed by atoms with Crippen molar-refractivity contribution < 1.29 is 19.1 Å². The molecule has 2 aromatic rings. The van der Waals surface area contributed by atoms with Crippen molar-refractivity contribution in [3.63, 3.8) is 0 Å².